The van der Waals surface area contributed by atoms with Gasteiger partial charge >= 0.3 is 12.3 Å². The topological polar surface area (TPSA) is 80.6 Å². The predicted molar refractivity (Wildman–Crippen MR) is 109 cm³/mol. The van der Waals surface area contributed by atoms with Crippen LogP contribution in [-0.2, 0) is 16.1 Å². The number of pyridine rings is 1. The van der Waals surface area contributed by atoms with Crippen molar-refractivity contribution in [2.45, 2.75) is 63.9 Å². The molecule has 2 fully saturated rings. The molecule has 1 atom stereocenters. The van der Waals surface area contributed by atoms with Gasteiger partial charge in [-0.2, -0.15) is 18.3 Å². The van der Waals surface area contributed by atoms with Crippen molar-refractivity contribution in [3.63, 3.8) is 0 Å². The number of hydrogen-bond acceptors (Lipinski definition) is 5. The van der Waals surface area contributed by atoms with Gasteiger partial charge in [-0.1, -0.05) is 0 Å². The number of halogens is 3. The zero-order chi connectivity index (χ0) is 23.3. The molecule has 8 nitrogen and oxygen atoms in total. The fourth-order valence-corrected chi connectivity index (χ4v) is 4.18. The molecule has 2 aromatic rings. The second-order valence-electron chi connectivity index (χ2n) is 9.28. The second kappa shape index (κ2) is 7.93. The van der Waals surface area contributed by atoms with Crippen LogP contribution < -0.4 is 0 Å². The van der Waals surface area contributed by atoms with E-state index >= 15 is 0 Å². The number of nitrogens with zero attached hydrogens (tertiary/aromatic N) is 5. The minimum absolute atomic E-state index is 0.0789. The molecule has 2 saturated heterocycles. The van der Waals surface area contributed by atoms with E-state index in [9.17, 15) is 22.8 Å². The average molecular weight is 453 g/mol. The van der Waals surface area contributed by atoms with Crippen LogP contribution in [0.4, 0.5) is 18.0 Å². The van der Waals surface area contributed by atoms with E-state index in [1.165, 1.54) is 4.68 Å². The van der Waals surface area contributed by atoms with Crippen LogP contribution in [0, 0.1) is 0 Å². The van der Waals surface area contributed by atoms with Gasteiger partial charge in [0.2, 0.25) is 5.91 Å². The van der Waals surface area contributed by atoms with Gasteiger partial charge in [-0.15, -0.1) is 0 Å². The highest BCUT2D eigenvalue weighted by molar-refractivity contribution is 5.82. The molecule has 0 aliphatic carbocycles. The normalized spacial score (nSPS) is 20.0. The van der Waals surface area contributed by atoms with E-state index in [0.29, 0.717) is 36.2 Å². The highest BCUT2D eigenvalue weighted by Gasteiger charge is 2.47. The van der Waals surface area contributed by atoms with Gasteiger partial charge in [0, 0.05) is 31.7 Å². The first kappa shape index (κ1) is 22.3. The van der Waals surface area contributed by atoms with Gasteiger partial charge in [0.1, 0.15) is 23.7 Å². The highest BCUT2D eigenvalue weighted by atomic mass is 19.4. The maximum atomic E-state index is 13.3. The lowest BCUT2D eigenvalue weighted by atomic mass is 9.96. The molecular weight excluding hydrogens is 427 g/mol. The molecule has 2 amide bonds. The summed E-state index contributed by atoms with van der Waals surface area (Å²) in [6, 6.07) is 1.68. The molecule has 174 valence electrons. The number of likely N-dealkylation sites (tertiary alicyclic amines) is 2. The van der Waals surface area contributed by atoms with Gasteiger partial charge in [-0.25, -0.2) is 4.79 Å². The summed E-state index contributed by atoms with van der Waals surface area (Å²) < 4.78 is 46.6. The Morgan fingerprint density at radius 1 is 1.22 bits per heavy atom. The summed E-state index contributed by atoms with van der Waals surface area (Å²) in [6.45, 7) is 5.96. The van der Waals surface area contributed by atoms with Crippen LogP contribution in [-0.4, -0.2) is 74.0 Å². The second-order valence-corrected chi connectivity index (χ2v) is 9.28. The third-order valence-electron chi connectivity index (χ3n) is 5.69. The molecule has 0 saturated carbocycles. The third-order valence-corrected chi connectivity index (χ3v) is 5.69. The zero-order valence-electron chi connectivity index (χ0n) is 18.2. The molecule has 2 aliphatic rings. The molecule has 32 heavy (non-hydrogen) atoms. The summed E-state index contributed by atoms with van der Waals surface area (Å²) >= 11 is 0. The first-order valence-corrected chi connectivity index (χ1v) is 10.6. The lowest BCUT2D eigenvalue weighted by molar-refractivity contribution is -0.183. The van der Waals surface area contributed by atoms with E-state index in [-0.39, 0.29) is 25.4 Å². The van der Waals surface area contributed by atoms with Gasteiger partial charge in [-0.05, 0) is 45.7 Å². The smallest absolute Gasteiger partial charge is 0.410 e. The summed E-state index contributed by atoms with van der Waals surface area (Å²) in [6.07, 6.45) is -3.00. The van der Waals surface area contributed by atoms with Crippen molar-refractivity contribution in [2.75, 3.05) is 19.6 Å². The standard InChI is InChI=1S/C21H26F3N5O3/c1-20(2,3)32-19(31)27-10-13(11-27)17-18-14(6-4-8-25-18)29(26-17)12-16(30)28-9-5-7-15(28)21(22,23)24/h4,6,8,13,15H,5,7,9-12H2,1-3H3/t15-/m0/s1. The Balaban J connectivity index is 1.51. The summed E-state index contributed by atoms with van der Waals surface area (Å²) in [5.41, 5.74) is 1.20. The van der Waals surface area contributed by atoms with Gasteiger partial charge in [-0.3, -0.25) is 14.5 Å². The number of carbonyl (C=O) groups is 2. The Labute approximate surface area is 183 Å². The quantitative estimate of drug-likeness (QED) is 0.712. The van der Waals surface area contributed by atoms with Gasteiger partial charge in [0.25, 0.3) is 0 Å². The first-order valence-electron chi connectivity index (χ1n) is 10.6. The molecule has 2 aromatic heterocycles. The lowest BCUT2D eigenvalue weighted by Gasteiger charge is -2.38. The minimum Gasteiger partial charge on any atom is -0.444 e. The lowest BCUT2D eigenvalue weighted by Crippen LogP contribution is -2.50. The molecule has 0 N–H and O–H groups in total. The maximum absolute atomic E-state index is 13.3. The number of rotatable bonds is 3. The van der Waals surface area contributed by atoms with Gasteiger partial charge in [0.15, 0.2) is 0 Å². The van der Waals surface area contributed by atoms with Crippen molar-refractivity contribution in [3.05, 3.63) is 24.0 Å². The Bertz CT molecular complexity index is 1020. The van der Waals surface area contributed by atoms with Crippen LogP contribution in [0.3, 0.4) is 0 Å². The number of amides is 2. The summed E-state index contributed by atoms with van der Waals surface area (Å²) in [5, 5.41) is 4.52. The number of hydrogen-bond donors (Lipinski definition) is 0. The van der Waals surface area contributed by atoms with Crippen molar-refractivity contribution in [2.24, 2.45) is 0 Å². The molecule has 0 aromatic carbocycles. The molecule has 2 aliphatic heterocycles. The number of aromatic nitrogens is 3. The molecular formula is C21H26F3N5O3. The molecule has 0 spiro atoms. The van der Waals surface area contributed by atoms with Crippen molar-refractivity contribution in [1.29, 1.82) is 0 Å². The van der Waals surface area contributed by atoms with E-state index in [1.807, 2.05) is 0 Å². The van der Waals surface area contributed by atoms with Crippen molar-refractivity contribution in [3.8, 4) is 0 Å². The molecule has 4 rings (SSSR count). The molecule has 0 unspecified atom stereocenters. The number of ether oxygens (including phenoxy) is 1. The van der Waals surface area contributed by atoms with E-state index in [1.54, 1.807) is 44.0 Å². The van der Waals surface area contributed by atoms with E-state index in [4.69, 9.17) is 4.74 Å². The first-order chi connectivity index (χ1) is 14.9. The number of alkyl halides is 3. The fourth-order valence-electron chi connectivity index (χ4n) is 4.18. The van der Waals surface area contributed by atoms with Crippen LogP contribution in [0.5, 0.6) is 0 Å². The van der Waals surface area contributed by atoms with E-state index < -0.39 is 29.8 Å². The largest absolute Gasteiger partial charge is 0.444 e. The highest BCUT2D eigenvalue weighted by Crippen LogP contribution is 2.34. The van der Waals surface area contributed by atoms with Crippen molar-refractivity contribution < 1.29 is 27.5 Å². The maximum Gasteiger partial charge on any atom is 0.410 e. The summed E-state index contributed by atoms with van der Waals surface area (Å²) in [4.78, 5) is 31.8. The van der Waals surface area contributed by atoms with Gasteiger partial charge < -0.3 is 14.5 Å². The van der Waals surface area contributed by atoms with Crippen molar-refractivity contribution >= 4 is 23.0 Å². The Kier molecular flexibility index (Phi) is 5.54. The van der Waals surface area contributed by atoms with Crippen LogP contribution in [0.1, 0.15) is 45.2 Å². The average Bonchev–Trinajstić information content (AvgIpc) is 3.25. The predicted octanol–water partition coefficient (Wildman–Crippen LogP) is 3.32. The van der Waals surface area contributed by atoms with Crippen LogP contribution in [0.25, 0.3) is 11.0 Å². The minimum atomic E-state index is -4.44. The SMILES string of the molecule is CC(C)(C)OC(=O)N1CC(c2nn(CC(=O)N3CCC[C@H]3C(F)(F)F)c3cccnc23)C1. The van der Waals surface area contributed by atoms with E-state index in [2.05, 4.69) is 10.1 Å². The van der Waals surface area contributed by atoms with Crippen LogP contribution in [0.15, 0.2) is 18.3 Å². The molecule has 4 heterocycles. The summed E-state index contributed by atoms with van der Waals surface area (Å²) in [5.74, 6) is -0.709. The Hall–Kier alpha value is -2.85. The van der Waals surface area contributed by atoms with Crippen molar-refractivity contribution in [1.82, 2.24) is 24.6 Å². The zero-order valence-corrected chi connectivity index (χ0v) is 18.2. The third kappa shape index (κ3) is 4.37. The Morgan fingerprint density at radius 3 is 2.59 bits per heavy atom. The molecule has 0 bridgehead atoms. The van der Waals surface area contributed by atoms with Crippen LogP contribution in [0.2, 0.25) is 0 Å². The fraction of sp³-hybridized carbons (Fsp3) is 0.619. The molecule has 11 heteroatoms. The number of carbonyl (C=O) groups excluding carboxylic acids is 2. The molecule has 0 radical (unpaired) electrons. The number of fused-ring (bicyclic) bond motifs is 1. The Morgan fingerprint density at radius 2 is 1.94 bits per heavy atom. The van der Waals surface area contributed by atoms with Crippen LogP contribution >= 0.6 is 0 Å². The van der Waals surface area contributed by atoms with Gasteiger partial charge in [0.05, 0.1) is 11.2 Å². The monoisotopic (exact) mass is 453 g/mol. The van der Waals surface area contributed by atoms with E-state index in [0.717, 1.165) is 4.90 Å². The summed E-state index contributed by atoms with van der Waals surface area (Å²) in [7, 11) is 0.